The Hall–Kier alpha value is -2.09. The maximum Gasteiger partial charge on any atom is 0.134 e. The van der Waals surface area contributed by atoms with Crippen molar-refractivity contribution < 1.29 is 4.79 Å². The molecular weight excluding hydrogens is 246 g/mol. The quantitative estimate of drug-likeness (QED) is 0.826. The molecule has 2 aromatic carbocycles. The van der Waals surface area contributed by atoms with Gasteiger partial charge < -0.3 is 4.90 Å². The zero-order valence-corrected chi connectivity index (χ0v) is 12.4. The van der Waals surface area contributed by atoms with Crippen LogP contribution in [0.2, 0.25) is 0 Å². The summed E-state index contributed by atoms with van der Waals surface area (Å²) in [5, 5.41) is 0. The van der Waals surface area contributed by atoms with Crippen LogP contribution >= 0.6 is 0 Å². The molecule has 0 N–H and O–H groups in total. The van der Waals surface area contributed by atoms with Crippen molar-refractivity contribution in [3.63, 3.8) is 0 Å². The molecule has 0 fully saturated rings. The molecule has 0 radical (unpaired) electrons. The van der Waals surface area contributed by atoms with Crippen LogP contribution in [0.5, 0.6) is 0 Å². The first kappa shape index (κ1) is 14.3. The summed E-state index contributed by atoms with van der Waals surface area (Å²) in [6, 6.07) is 16.9. The molecule has 0 saturated carbocycles. The van der Waals surface area contributed by atoms with Gasteiger partial charge in [-0.25, -0.2) is 0 Å². The van der Waals surface area contributed by atoms with Crippen molar-refractivity contribution in [3.05, 3.63) is 65.2 Å². The van der Waals surface area contributed by atoms with Gasteiger partial charge in [0.15, 0.2) is 0 Å². The maximum absolute atomic E-state index is 11.1. The molecule has 0 spiro atoms. The molecule has 104 valence electrons. The Kier molecular flexibility index (Phi) is 4.57. The van der Waals surface area contributed by atoms with E-state index in [1.807, 2.05) is 26.2 Å². The summed E-state index contributed by atoms with van der Waals surface area (Å²) in [5.74, 6) is 0.206. The Labute approximate surface area is 121 Å². The molecule has 0 aliphatic rings. The Morgan fingerprint density at radius 3 is 1.75 bits per heavy atom. The molecule has 0 atom stereocenters. The van der Waals surface area contributed by atoms with Gasteiger partial charge in [-0.2, -0.15) is 0 Å². The average molecular weight is 267 g/mol. The van der Waals surface area contributed by atoms with Gasteiger partial charge in [0.05, 0.1) is 0 Å². The van der Waals surface area contributed by atoms with Crippen LogP contribution < -0.4 is 4.90 Å². The number of carbonyl (C=O) groups excluding carboxylic acids is 1. The molecular formula is C18H21NO. The normalized spacial score (nSPS) is 10.3. The van der Waals surface area contributed by atoms with Gasteiger partial charge in [-0.3, -0.25) is 4.79 Å². The summed E-state index contributed by atoms with van der Waals surface area (Å²) in [6.07, 6.45) is 1.45. The fraction of sp³-hybridized carbons (Fsp3) is 0.278. The first-order valence-electron chi connectivity index (χ1n) is 6.88. The van der Waals surface area contributed by atoms with E-state index in [0.717, 1.165) is 12.0 Å². The fourth-order valence-electron chi connectivity index (χ4n) is 2.21. The molecule has 0 heterocycles. The third kappa shape index (κ3) is 3.95. The highest BCUT2D eigenvalue weighted by atomic mass is 16.1. The van der Waals surface area contributed by atoms with Crippen LogP contribution in [0.3, 0.4) is 0 Å². The minimum absolute atomic E-state index is 0.206. The summed E-state index contributed by atoms with van der Waals surface area (Å²) >= 11 is 0. The van der Waals surface area contributed by atoms with Gasteiger partial charge in [0.1, 0.15) is 5.78 Å². The number of rotatable bonds is 5. The monoisotopic (exact) mass is 267 g/mol. The first-order chi connectivity index (χ1) is 9.54. The topological polar surface area (TPSA) is 20.3 Å². The van der Waals surface area contributed by atoms with Crippen LogP contribution in [-0.2, 0) is 17.6 Å². The highest BCUT2D eigenvalue weighted by Crippen LogP contribution is 2.16. The molecule has 0 saturated heterocycles. The molecule has 0 aliphatic carbocycles. The molecule has 2 heteroatoms. The summed E-state index contributed by atoms with van der Waals surface area (Å²) in [4.78, 5) is 13.2. The molecule has 2 rings (SSSR count). The predicted molar refractivity (Wildman–Crippen MR) is 84.4 cm³/mol. The average Bonchev–Trinajstić information content (AvgIpc) is 2.41. The van der Waals surface area contributed by atoms with Crippen LogP contribution in [-0.4, -0.2) is 19.9 Å². The number of benzene rings is 2. The van der Waals surface area contributed by atoms with Gasteiger partial charge in [0.2, 0.25) is 0 Å². The van der Waals surface area contributed by atoms with Gasteiger partial charge in [0, 0.05) is 26.2 Å². The van der Waals surface area contributed by atoms with Crippen LogP contribution in [0, 0.1) is 0 Å². The third-order valence-electron chi connectivity index (χ3n) is 3.34. The SMILES string of the molecule is CC(=O)Cc1ccc(Cc2ccc(N(C)C)cc2)cc1. The second-order valence-corrected chi connectivity index (χ2v) is 5.43. The van der Waals surface area contributed by atoms with Crippen LogP contribution in [0.1, 0.15) is 23.6 Å². The molecule has 0 aliphatic heterocycles. The summed E-state index contributed by atoms with van der Waals surface area (Å²) < 4.78 is 0. The second-order valence-electron chi connectivity index (χ2n) is 5.43. The Bertz CT molecular complexity index is 567. The Balaban J connectivity index is 2.04. The lowest BCUT2D eigenvalue weighted by atomic mass is 10.0. The van der Waals surface area contributed by atoms with Gasteiger partial charge in [-0.05, 0) is 42.2 Å². The lowest BCUT2D eigenvalue weighted by Gasteiger charge is -2.12. The van der Waals surface area contributed by atoms with Crippen molar-refractivity contribution >= 4 is 11.5 Å². The van der Waals surface area contributed by atoms with Crippen molar-refractivity contribution in [2.75, 3.05) is 19.0 Å². The number of nitrogens with zero attached hydrogens (tertiary/aromatic N) is 1. The molecule has 0 aromatic heterocycles. The van der Waals surface area contributed by atoms with Crippen molar-refractivity contribution in [2.45, 2.75) is 19.8 Å². The van der Waals surface area contributed by atoms with E-state index in [2.05, 4.69) is 41.3 Å². The van der Waals surface area contributed by atoms with E-state index in [1.54, 1.807) is 6.92 Å². The summed E-state index contributed by atoms with van der Waals surface area (Å²) in [6.45, 7) is 1.63. The number of hydrogen-bond donors (Lipinski definition) is 0. The van der Waals surface area contributed by atoms with Crippen molar-refractivity contribution in [3.8, 4) is 0 Å². The van der Waals surface area contributed by atoms with Crippen LogP contribution in [0.4, 0.5) is 5.69 Å². The predicted octanol–water partition coefficient (Wildman–Crippen LogP) is 3.47. The van der Waals surface area contributed by atoms with Gasteiger partial charge in [-0.15, -0.1) is 0 Å². The standard InChI is InChI=1S/C18H21NO/c1-14(20)12-15-4-6-16(7-5-15)13-17-8-10-18(11-9-17)19(2)3/h4-11H,12-13H2,1-3H3. The molecule has 0 bridgehead atoms. The van der Waals surface area contributed by atoms with E-state index in [-0.39, 0.29) is 5.78 Å². The zero-order chi connectivity index (χ0) is 14.5. The second kappa shape index (κ2) is 6.38. The minimum Gasteiger partial charge on any atom is -0.378 e. The van der Waals surface area contributed by atoms with Gasteiger partial charge in [0.25, 0.3) is 0 Å². The third-order valence-corrected chi connectivity index (χ3v) is 3.34. The van der Waals surface area contributed by atoms with E-state index >= 15 is 0 Å². The lowest BCUT2D eigenvalue weighted by Crippen LogP contribution is -2.08. The molecule has 0 unspecified atom stereocenters. The van der Waals surface area contributed by atoms with Crippen molar-refractivity contribution in [1.82, 2.24) is 0 Å². The first-order valence-corrected chi connectivity index (χ1v) is 6.88. The van der Waals surface area contributed by atoms with Gasteiger partial charge >= 0.3 is 0 Å². The van der Waals surface area contributed by atoms with E-state index in [4.69, 9.17) is 0 Å². The largest absolute Gasteiger partial charge is 0.378 e. The Morgan fingerprint density at radius 2 is 1.30 bits per heavy atom. The molecule has 0 amide bonds. The smallest absolute Gasteiger partial charge is 0.134 e. The zero-order valence-electron chi connectivity index (χ0n) is 12.4. The Morgan fingerprint density at radius 1 is 0.850 bits per heavy atom. The summed E-state index contributed by atoms with van der Waals surface area (Å²) in [5.41, 5.74) is 4.87. The number of Topliss-reactive ketones (excluding diaryl/α,β-unsaturated/α-hetero) is 1. The van der Waals surface area contributed by atoms with Crippen molar-refractivity contribution in [2.24, 2.45) is 0 Å². The lowest BCUT2D eigenvalue weighted by molar-refractivity contribution is -0.116. The van der Waals surface area contributed by atoms with E-state index in [1.165, 1.54) is 16.8 Å². The highest BCUT2D eigenvalue weighted by Gasteiger charge is 2.00. The van der Waals surface area contributed by atoms with Gasteiger partial charge in [-0.1, -0.05) is 36.4 Å². The number of ketones is 1. The summed E-state index contributed by atoms with van der Waals surface area (Å²) in [7, 11) is 4.09. The molecule has 20 heavy (non-hydrogen) atoms. The molecule has 2 aromatic rings. The number of anilines is 1. The maximum atomic E-state index is 11.1. The van der Waals surface area contributed by atoms with Crippen LogP contribution in [0.15, 0.2) is 48.5 Å². The van der Waals surface area contributed by atoms with E-state index in [9.17, 15) is 4.79 Å². The number of hydrogen-bond acceptors (Lipinski definition) is 2. The van der Waals surface area contributed by atoms with Crippen molar-refractivity contribution in [1.29, 1.82) is 0 Å². The minimum atomic E-state index is 0.206. The fourth-order valence-corrected chi connectivity index (χ4v) is 2.21. The highest BCUT2D eigenvalue weighted by molar-refractivity contribution is 5.78. The van der Waals surface area contributed by atoms with E-state index < -0.39 is 0 Å². The molecule has 2 nitrogen and oxygen atoms in total. The number of carbonyl (C=O) groups is 1. The van der Waals surface area contributed by atoms with Crippen LogP contribution in [0.25, 0.3) is 0 Å². The van der Waals surface area contributed by atoms with E-state index in [0.29, 0.717) is 6.42 Å².